The van der Waals surface area contributed by atoms with Gasteiger partial charge in [0, 0.05) is 115 Å². The third kappa shape index (κ3) is 13.7. The maximum atomic E-state index is 17.0. The molecule has 0 aliphatic rings. The third-order valence-electron chi connectivity index (χ3n) is 24.7. The minimum Gasteiger partial charge on any atom is -0.271 e. The van der Waals surface area contributed by atoms with Crippen LogP contribution < -0.4 is 33.4 Å². The van der Waals surface area contributed by atoms with Gasteiger partial charge >= 0.3 is 0 Å². The van der Waals surface area contributed by atoms with Crippen LogP contribution in [0.1, 0.15) is 329 Å². The summed E-state index contributed by atoms with van der Waals surface area (Å²) in [6.07, 6.45) is 43.1. The fraction of sp³-hybridized carbons (Fsp3) is 0.548. The monoisotopic (exact) mass is 1370 g/mol. The number of nitrogens with zero attached hydrogens (tertiary/aromatic N) is 3. The van der Waals surface area contributed by atoms with Crippen LogP contribution in [0.4, 0.5) is 0 Å². The second kappa shape index (κ2) is 33.7. The molecule has 0 bridgehead atoms. The van der Waals surface area contributed by atoms with Gasteiger partial charge in [-0.15, -0.1) is 0 Å². The summed E-state index contributed by atoms with van der Waals surface area (Å²) in [5.41, 5.74) is -1.94. The molecule has 0 spiro atoms. The molecule has 13 rings (SSSR count). The summed E-state index contributed by atoms with van der Waals surface area (Å²) in [4.78, 5) is 102. The van der Waals surface area contributed by atoms with Gasteiger partial charge in [-0.3, -0.25) is 42.5 Å². The molecule has 0 radical (unpaired) electrons. The molecule has 0 atom stereocenters. The number of benzene rings is 7. The Morgan fingerprint density at radius 1 is 0.186 bits per heavy atom. The van der Waals surface area contributed by atoms with Crippen molar-refractivity contribution in [3.63, 3.8) is 0 Å². The minimum absolute atomic E-state index is 0.323. The Kier molecular flexibility index (Phi) is 24.1. The molecule has 3 aromatic heterocycles. The zero-order valence-electron chi connectivity index (χ0n) is 63.1. The van der Waals surface area contributed by atoms with Gasteiger partial charge in [0.2, 0.25) is 0 Å². The topological polar surface area (TPSA) is 117 Å². The molecular weight excluding hydrogens is 1260 g/mol. The van der Waals surface area contributed by atoms with E-state index in [1.54, 1.807) is 13.7 Å². The normalized spacial score (nSPS) is 12.8. The molecule has 0 N–H and O–H groups in total. The highest BCUT2D eigenvalue weighted by molar-refractivity contribution is 6.60. The van der Waals surface area contributed by atoms with Gasteiger partial charge in [-0.05, 0) is 107 Å². The van der Waals surface area contributed by atoms with Crippen LogP contribution in [0, 0.1) is 0 Å². The number of unbranched alkanes of at least 4 members (excludes halogenated alkanes) is 30. The molecule has 9 heteroatoms. The number of rotatable bonds is 45. The lowest BCUT2D eigenvalue weighted by Gasteiger charge is -2.20. The van der Waals surface area contributed by atoms with E-state index in [9.17, 15) is 0 Å². The van der Waals surface area contributed by atoms with Crippen molar-refractivity contribution < 1.29 is 0 Å². The van der Waals surface area contributed by atoms with Crippen LogP contribution in [0.3, 0.4) is 0 Å². The maximum absolute atomic E-state index is 17.0. The van der Waals surface area contributed by atoms with E-state index in [-0.39, 0.29) is 33.4 Å². The molecule has 9 nitrogen and oxygen atoms in total. The van der Waals surface area contributed by atoms with E-state index in [0.29, 0.717) is 103 Å². The SMILES string of the molecule is CCCCCCCCC(CCCCCCCC)n1c(=O)c2ccc3ccc4c(=O)n(C(CCCCCCCC)CCCCCCCC)c(=O)c5ccc6ccc7c(=O)n(C(CCCCCCCC)CCCCCCCC)c(=O)c8ccc9ccc(c1=O)c1c9c8c8c1c1c2c3c4c1c1c5c6c7c18. The summed E-state index contributed by atoms with van der Waals surface area (Å²) in [5, 5.41) is 16.4. The molecule has 0 unspecified atom stereocenters. The van der Waals surface area contributed by atoms with Gasteiger partial charge in [0.05, 0.1) is 0 Å². The van der Waals surface area contributed by atoms with Crippen molar-refractivity contribution in [3.05, 3.63) is 135 Å². The third-order valence-corrected chi connectivity index (χ3v) is 24.7. The first kappa shape index (κ1) is 73.1. The summed E-state index contributed by atoms with van der Waals surface area (Å²) in [7, 11) is 0. The van der Waals surface area contributed by atoms with Crippen LogP contribution in [0.5, 0.6) is 0 Å². The van der Waals surface area contributed by atoms with Crippen LogP contribution in [-0.2, 0) is 0 Å². The van der Waals surface area contributed by atoms with Crippen LogP contribution in [0.25, 0.3) is 129 Å². The number of aromatic nitrogens is 3. The average molecular weight is 1370 g/mol. The highest BCUT2D eigenvalue weighted by atomic mass is 16.2. The van der Waals surface area contributed by atoms with Crippen LogP contribution in [-0.4, -0.2) is 13.7 Å². The van der Waals surface area contributed by atoms with Crippen molar-refractivity contribution in [2.24, 2.45) is 0 Å². The first-order chi connectivity index (χ1) is 50.1. The largest absolute Gasteiger partial charge is 0.271 e. The molecule has 0 aliphatic carbocycles. The predicted octanol–water partition coefficient (Wildman–Crippen LogP) is 25.8. The molecule has 0 amide bonds. The molecule has 0 saturated carbocycles. The van der Waals surface area contributed by atoms with Crippen molar-refractivity contribution in [3.8, 4) is 0 Å². The van der Waals surface area contributed by atoms with Crippen molar-refractivity contribution in [1.82, 2.24) is 13.7 Å². The van der Waals surface area contributed by atoms with Crippen LogP contribution >= 0.6 is 0 Å². The first-order valence-electron chi connectivity index (χ1n) is 41.7. The lowest BCUT2D eigenvalue weighted by Crippen LogP contribution is -2.35. The first-order valence-corrected chi connectivity index (χ1v) is 41.7. The fourth-order valence-corrected chi connectivity index (χ4v) is 19.4. The summed E-state index contributed by atoms with van der Waals surface area (Å²) in [6.45, 7) is 13.5. The zero-order valence-corrected chi connectivity index (χ0v) is 63.1. The van der Waals surface area contributed by atoms with Crippen molar-refractivity contribution in [2.45, 2.75) is 329 Å². The van der Waals surface area contributed by atoms with Gasteiger partial charge in [0.25, 0.3) is 33.4 Å². The Bertz CT molecular complexity index is 4490. The van der Waals surface area contributed by atoms with Crippen molar-refractivity contribution >= 4 is 129 Å². The van der Waals surface area contributed by atoms with E-state index in [2.05, 4.69) is 41.5 Å². The van der Waals surface area contributed by atoms with E-state index < -0.39 is 18.1 Å². The van der Waals surface area contributed by atoms with E-state index in [0.717, 1.165) is 257 Å². The minimum atomic E-state index is -0.392. The fourth-order valence-electron chi connectivity index (χ4n) is 19.4. The summed E-state index contributed by atoms with van der Waals surface area (Å²) < 4.78 is 5.07. The van der Waals surface area contributed by atoms with Gasteiger partial charge < -0.3 is 0 Å². The van der Waals surface area contributed by atoms with E-state index in [1.807, 2.05) is 72.8 Å². The molecule has 10 aromatic carbocycles. The van der Waals surface area contributed by atoms with Gasteiger partial charge in [-0.1, -0.05) is 309 Å². The van der Waals surface area contributed by atoms with E-state index in [1.165, 1.54) is 38.5 Å². The second-order valence-electron chi connectivity index (χ2n) is 31.7. The Morgan fingerprint density at radius 2 is 0.333 bits per heavy atom. The zero-order chi connectivity index (χ0) is 71.0. The highest BCUT2D eigenvalue weighted by Gasteiger charge is 2.35. The van der Waals surface area contributed by atoms with Crippen molar-refractivity contribution in [1.29, 1.82) is 0 Å². The number of hydrogen-bond acceptors (Lipinski definition) is 6. The molecule has 102 heavy (non-hydrogen) atoms. The Hall–Kier alpha value is -7.26. The molecule has 0 saturated heterocycles. The summed E-state index contributed by atoms with van der Waals surface area (Å²) >= 11 is 0. The second-order valence-corrected chi connectivity index (χ2v) is 31.7. The maximum Gasteiger partial charge on any atom is 0.261 e. The van der Waals surface area contributed by atoms with Gasteiger partial charge in [-0.25, -0.2) is 0 Å². The molecule has 3 heterocycles. The van der Waals surface area contributed by atoms with E-state index in [4.69, 9.17) is 0 Å². The molecule has 13 aromatic rings. The molecule has 0 aliphatic heterocycles. The Morgan fingerprint density at radius 3 is 0.490 bits per heavy atom. The summed E-state index contributed by atoms with van der Waals surface area (Å²) in [6, 6.07) is 22.8. The van der Waals surface area contributed by atoms with Crippen molar-refractivity contribution in [2.75, 3.05) is 0 Å². The molecule has 540 valence electrons. The molecule has 0 fully saturated rings. The highest BCUT2D eigenvalue weighted by Crippen LogP contribution is 2.58. The molecular formula is C93H117N3O6. The van der Waals surface area contributed by atoms with Gasteiger partial charge in [-0.2, -0.15) is 0 Å². The van der Waals surface area contributed by atoms with Crippen LogP contribution in [0.2, 0.25) is 0 Å². The summed E-state index contributed by atoms with van der Waals surface area (Å²) in [5.74, 6) is 0. The Labute approximate surface area is 603 Å². The van der Waals surface area contributed by atoms with Gasteiger partial charge in [0.15, 0.2) is 0 Å². The van der Waals surface area contributed by atoms with Crippen LogP contribution in [0.15, 0.2) is 102 Å². The smallest absolute Gasteiger partial charge is 0.261 e. The Balaban J connectivity index is 1.23. The lowest BCUT2D eigenvalue weighted by atomic mass is 9.95. The lowest BCUT2D eigenvalue weighted by molar-refractivity contribution is 0.382. The quantitative estimate of drug-likeness (QED) is 0.0351. The number of hydrogen-bond donors (Lipinski definition) is 0. The average Bonchev–Trinajstić information content (AvgIpc) is 1.48. The van der Waals surface area contributed by atoms with Gasteiger partial charge in [0.1, 0.15) is 0 Å². The van der Waals surface area contributed by atoms with E-state index >= 15 is 28.8 Å². The predicted molar refractivity (Wildman–Crippen MR) is 440 cm³/mol. The standard InChI is InChI=1S/C93H117N3O6/c1-7-13-19-25-31-37-43-64(44-38-32-26-20-14-8-2)94-88(97)67-55-49-61-51-57-69-78-73(61)76(67)82-83-77-68(89(94)98)56-50-62-52-58-70-79(74(62)77)85(83)87-81-72(93(102)96(91(70)100)66(47-41-35-29-23-17-11-5)48-42-36-30-24-18-12-6)60-54-63-53-59-71(80(75(63)81)86(87)84(78)82)92(101)95(90(69)99)65(45-39-33-27-21-15-9-3)46-40-34-28-22-16-10-4/h49-60,64-66H,7-48H2,1-6H3.